The van der Waals surface area contributed by atoms with Crippen molar-refractivity contribution in [1.29, 1.82) is 0 Å². The Morgan fingerprint density at radius 2 is 1.64 bits per heavy atom. The Hall–Kier alpha value is -0.610. The summed E-state index contributed by atoms with van der Waals surface area (Å²) in [5.74, 6) is -0.200. The van der Waals surface area contributed by atoms with Crippen molar-refractivity contribution in [2.45, 2.75) is 103 Å². The zero-order chi connectivity index (χ0) is 16.2. The van der Waals surface area contributed by atoms with Crippen molar-refractivity contribution in [3.63, 3.8) is 0 Å². The first-order chi connectivity index (χ1) is 10.7. The number of aliphatic hydroxyl groups excluding tert-OH is 1. The van der Waals surface area contributed by atoms with E-state index in [9.17, 15) is 4.79 Å². The third-order valence-electron chi connectivity index (χ3n) is 4.24. The van der Waals surface area contributed by atoms with Gasteiger partial charge in [-0.3, -0.25) is 4.79 Å². The molecule has 4 heteroatoms. The van der Waals surface area contributed by atoms with Crippen molar-refractivity contribution < 1.29 is 19.4 Å². The largest absolute Gasteiger partial charge is 0.460 e. The average molecular weight is 314 g/mol. The molecule has 0 radical (unpaired) electrons. The van der Waals surface area contributed by atoms with Crippen LogP contribution in [0.5, 0.6) is 0 Å². The van der Waals surface area contributed by atoms with Crippen molar-refractivity contribution >= 4 is 5.97 Å². The molecule has 1 saturated heterocycles. The van der Waals surface area contributed by atoms with Gasteiger partial charge in [0.25, 0.3) is 0 Å². The molecule has 4 nitrogen and oxygen atoms in total. The topological polar surface area (TPSA) is 59.1 Å². The summed E-state index contributed by atoms with van der Waals surface area (Å²) in [6, 6.07) is 0. The number of carbonyl (C=O) groups is 1. The second-order valence-electron chi connectivity index (χ2n) is 6.50. The molecule has 0 aromatic carbocycles. The lowest BCUT2D eigenvalue weighted by molar-refractivity contribution is -0.150. The average Bonchev–Trinajstić information content (AvgIpc) is 3.25. The summed E-state index contributed by atoms with van der Waals surface area (Å²) in [6.07, 6.45) is 13.1. The fourth-order valence-corrected chi connectivity index (χ4v) is 2.75. The van der Waals surface area contributed by atoms with Crippen LogP contribution in [0.1, 0.15) is 84.5 Å². The van der Waals surface area contributed by atoms with Crippen LogP contribution in [0, 0.1) is 0 Å². The molecular formula is C18H34O4. The van der Waals surface area contributed by atoms with Gasteiger partial charge in [0.15, 0.2) is 0 Å². The number of rotatable bonds is 14. The van der Waals surface area contributed by atoms with Crippen LogP contribution in [-0.4, -0.2) is 36.0 Å². The molecule has 1 aliphatic heterocycles. The summed E-state index contributed by atoms with van der Waals surface area (Å²) >= 11 is 0. The fraction of sp³-hybridized carbons (Fsp3) is 0.944. The fourth-order valence-electron chi connectivity index (χ4n) is 2.75. The molecule has 130 valence electrons. The monoisotopic (exact) mass is 314 g/mol. The highest BCUT2D eigenvalue weighted by Gasteiger charge is 2.36. The maximum atomic E-state index is 11.4. The zero-order valence-electron chi connectivity index (χ0n) is 14.4. The van der Waals surface area contributed by atoms with Crippen LogP contribution < -0.4 is 0 Å². The predicted octanol–water partition coefficient (Wildman–Crippen LogP) is 3.99. The summed E-state index contributed by atoms with van der Waals surface area (Å²) in [5.41, 5.74) is 0. The molecule has 0 spiro atoms. The minimum Gasteiger partial charge on any atom is -0.460 e. The van der Waals surface area contributed by atoms with Gasteiger partial charge in [0.05, 0.1) is 18.8 Å². The molecule has 1 N–H and O–H groups in total. The Morgan fingerprint density at radius 1 is 1.05 bits per heavy atom. The summed E-state index contributed by atoms with van der Waals surface area (Å²) in [6.45, 7) is 3.84. The number of unbranched alkanes of at least 4 members (excludes halogenated alkanes) is 6. The van der Waals surface area contributed by atoms with Crippen LogP contribution in [0.3, 0.4) is 0 Å². The second kappa shape index (κ2) is 11.9. The van der Waals surface area contributed by atoms with Gasteiger partial charge in [-0.1, -0.05) is 51.9 Å². The number of carbonyl (C=O) groups excluding carboxylic acids is 1. The van der Waals surface area contributed by atoms with Crippen LogP contribution in [0.25, 0.3) is 0 Å². The van der Waals surface area contributed by atoms with Gasteiger partial charge in [-0.15, -0.1) is 0 Å². The van der Waals surface area contributed by atoms with Crippen molar-refractivity contribution in [3.8, 4) is 0 Å². The van der Waals surface area contributed by atoms with E-state index in [4.69, 9.17) is 14.6 Å². The Bertz CT molecular complexity index is 293. The summed E-state index contributed by atoms with van der Waals surface area (Å²) in [5, 5.41) is 8.80. The van der Waals surface area contributed by atoms with E-state index in [0.29, 0.717) is 18.6 Å². The first-order valence-corrected chi connectivity index (χ1v) is 9.13. The number of hydrogen-bond acceptors (Lipinski definition) is 4. The van der Waals surface area contributed by atoms with Crippen LogP contribution in [0.2, 0.25) is 0 Å². The molecule has 0 amide bonds. The van der Waals surface area contributed by atoms with Crippen LogP contribution >= 0.6 is 0 Å². The molecule has 1 fully saturated rings. The van der Waals surface area contributed by atoms with E-state index >= 15 is 0 Å². The lowest BCUT2D eigenvalue weighted by Gasteiger charge is -2.09. The predicted molar refractivity (Wildman–Crippen MR) is 87.8 cm³/mol. The van der Waals surface area contributed by atoms with E-state index in [1.807, 2.05) is 0 Å². The third kappa shape index (κ3) is 9.42. The van der Waals surface area contributed by atoms with E-state index in [1.165, 1.54) is 38.5 Å². The normalized spacial score (nSPS) is 21.6. The van der Waals surface area contributed by atoms with Gasteiger partial charge in [0.2, 0.25) is 0 Å². The van der Waals surface area contributed by atoms with Gasteiger partial charge in [-0.05, 0) is 26.2 Å². The molecule has 0 aromatic heterocycles. The van der Waals surface area contributed by atoms with E-state index in [2.05, 4.69) is 6.92 Å². The Morgan fingerprint density at radius 3 is 2.23 bits per heavy atom. The van der Waals surface area contributed by atoms with Gasteiger partial charge in [0, 0.05) is 6.42 Å². The maximum absolute atomic E-state index is 11.4. The minimum atomic E-state index is -0.384. The third-order valence-corrected chi connectivity index (χ3v) is 4.24. The standard InChI is InChI=1S/C18H34O4/c1-3-4-5-6-8-11-16-17(22-16)12-9-7-10-13-18(20)21-15(2)14-19/h15-17,19H,3-14H2,1-2H3. The van der Waals surface area contributed by atoms with Gasteiger partial charge in [0.1, 0.15) is 6.10 Å². The number of aliphatic hydroxyl groups is 1. The molecule has 22 heavy (non-hydrogen) atoms. The van der Waals surface area contributed by atoms with Gasteiger partial charge >= 0.3 is 5.97 Å². The molecule has 0 saturated carbocycles. The highest BCUT2D eigenvalue weighted by atomic mass is 16.6. The number of esters is 1. The molecule has 1 aliphatic rings. The lowest BCUT2D eigenvalue weighted by atomic mass is 10.0. The minimum absolute atomic E-state index is 0.107. The summed E-state index contributed by atoms with van der Waals surface area (Å²) in [7, 11) is 0. The maximum Gasteiger partial charge on any atom is 0.306 e. The van der Waals surface area contributed by atoms with Crippen molar-refractivity contribution in [1.82, 2.24) is 0 Å². The number of epoxide rings is 1. The molecule has 0 aliphatic carbocycles. The smallest absolute Gasteiger partial charge is 0.306 e. The molecule has 3 unspecified atom stereocenters. The Labute approximate surface area is 135 Å². The van der Waals surface area contributed by atoms with Crippen LogP contribution in [-0.2, 0) is 14.3 Å². The molecule has 0 aromatic rings. The molecule has 1 rings (SSSR count). The van der Waals surface area contributed by atoms with Gasteiger partial charge < -0.3 is 14.6 Å². The quantitative estimate of drug-likeness (QED) is 0.299. The first kappa shape index (κ1) is 19.4. The summed E-state index contributed by atoms with van der Waals surface area (Å²) in [4.78, 5) is 11.4. The van der Waals surface area contributed by atoms with Crippen LogP contribution in [0.15, 0.2) is 0 Å². The first-order valence-electron chi connectivity index (χ1n) is 9.13. The van der Waals surface area contributed by atoms with Gasteiger partial charge in [-0.25, -0.2) is 0 Å². The van der Waals surface area contributed by atoms with Crippen molar-refractivity contribution in [3.05, 3.63) is 0 Å². The number of ether oxygens (including phenoxy) is 2. The highest BCUT2D eigenvalue weighted by molar-refractivity contribution is 5.69. The zero-order valence-corrected chi connectivity index (χ0v) is 14.4. The molecule has 1 heterocycles. The Balaban J connectivity index is 1.85. The summed E-state index contributed by atoms with van der Waals surface area (Å²) < 4.78 is 10.7. The van der Waals surface area contributed by atoms with Crippen molar-refractivity contribution in [2.75, 3.05) is 6.61 Å². The molecule has 3 atom stereocenters. The lowest BCUT2D eigenvalue weighted by Crippen LogP contribution is -2.18. The molecular weight excluding hydrogens is 280 g/mol. The number of hydrogen-bond donors (Lipinski definition) is 1. The van der Waals surface area contributed by atoms with E-state index < -0.39 is 0 Å². The van der Waals surface area contributed by atoms with E-state index in [1.54, 1.807) is 6.92 Å². The van der Waals surface area contributed by atoms with Crippen LogP contribution in [0.4, 0.5) is 0 Å². The molecule has 0 bridgehead atoms. The van der Waals surface area contributed by atoms with E-state index in [0.717, 1.165) is 25.7 Å². The SMILES string of the molecule is CCCCCCCC1OC1CCCCCC(=O)OC(C)CO. The van der Waals surface area contributed by atoms with Crippen molar-refractivity contribution in [2.24, 2.45) is 0 Å². The Kier molecular flexibility index (Phi) is 10.5. The van der Waals surface area contributed by atoms with E-state index in [-0.39, 0.29) is 18.7 Å². The van der Waals surface area contributed by atoms with Gasteiger partial charge in [-0.2, -0.15) is 0 Å². The second-order valence-corrected chi connectivity index (χ2v) is 6.50. The highest BCUT2D eigenvalue weighted by Crippen LogP contribution is 2.31.